The van der Waals surface area contributed by atoms with Gasteiger partial charge < -0.3 is 15.2 Å². The fraction of sp³-hybridized carbons (Fsp3) is 0.0526. The van der Waals surface area contributed by atoms with Crippen molar-refractivity contribution in [2.24, 2.45) is 0 Å². The average Bonchev–Trinajstić information content (AvgIpc) is 2.60. The number of amides is 1. The van der Waals surface area contributed by atoms with Crippen molar-refractivity contribution in [3.8, 4) is 17.6 Å². The number of aromatic hydroxyl groups is 1. The van der Waals surface area contributed by atoms with Gasteiger partial charge in [0.15, 0.2) is 0 Å². The first-order valence-corrected chi connectivity index (χ1v) is 8.98. The van der Waals surface area contributed by atoms with Crippen LogP contribution in [0.1, 0.15) is 5.56 Å². The Morgan fingerprint density at radius 3 is 2.62 bits per heavy atom. The fourth-order valence-electron chi connectivity index (χ4n) is 2.03. The third-order valence-corrected chi connectivity index (χ3v) is 4.22. The van der Waals surface area contributed by atoms with Gasteiger partial charge in [-0.25, -0.2) is 0 Å². The van der Waals surface area contributed by atoms with Crippen molar-refractivity contribution >= 4 is 49.5 Å². The minimum absolute atomic E-state index is 0.0852. The van der Waals surface area contributed by atoms with E-state index >= 15 is 0 Å². The molecule has 7 heteroatoms. The van der Waals surface area contributed by atoms with E-state index in [1.165, 1.54) is 30.3 Å². The maximum atomic E-state index is 12.4. The first-order chi connectivity index (χ1) is 12.4. The van der Waals surface area contributed by atoms with E-state index in [1.807, 2.05) is 6.07 Å². The fourth-order valence-corrected chi connectivity index (χ4v) is 3.40. The molecule has 0 bridgehead atoms. The van der Waals surface area contributed by atoms with Gasteiger partial charge in [0.25, 0.3) is 5.91 Å². The second-order valence-corrected chi connectivity index (χ2v) is 6.85. The lowest BCUT2D eigenvalue weighted by molar-refractivity contribution is -0.112. The molecule has 2 aromatic rings. The van der Waals surface area contributed by atoms with Crippen molar-refractivity contribution in [1.29, 1.82) is 5.26 Å². The van der Waals surface area contributed by atoms with Gasteiger partial charge in [-0.15, -0.1) is 0 Å². The summed E-state index contributed by atoms with van der Waals surface area (Å²) < 4.78 is 7.07. The molecule has 0 aliphatic rings. The molecule has 26 heavy (non-hydrogen) atoms. The molecule has 0 aliphatic heterocycles. The molecule has 2 rings (SSSR count). The normalized spacial score (nSPS) is 10.7. The zero-order valence-electron chi connectivity index (χ0n) is 13.5. The predicted molar refractivity (Wildman–Crippen MR) is 108 cm³/mol. The zero-order valence-corrected chi connectivity index (χ0v) is 16.7. The first-order valence-electron chi connectivity index (χ1n) is 7.39. The van der Waals surface area contributed by atoms with Crippen molar-refractivity contribution in [3.05, 3.63) is 69.1 Å². The van der Waals surface area contributed by atoms with Gasteiger partial charge in [0.2, 0.25) is 0 Å². The quantitative estimate of drug-likeness (QED) is 0.264. The molecule has 0 radical (unpaired) electrons. The van der Waals surface area contributed by atoms with E-state index in [0.717, 1.165) is 4.47 Å². The van der Waals surface area contributed by atoms with Crippen molar-refractivity contribution in [2.75, 3.05) is 11.9 Å². The van der Waals surface area contributed by atoms with Crippen molar-refractivity contribution in [1.82, 2.24) is 0 Å². The number of nitrogens with one attached hydrogen (secondary N) is 1. The molecule has 5 nitrogen and oxygen atoms in total. The number of carbonyl (C=O) groups is 1. The van der Waals surface area contributed by atoms with Crippen LogP contribution in [-0.4, -0.2) is 17.6 Å². The molecular weight excluding hydrogens is 464 g/mol. The molecule has 1 amide bonds. The molecular formula is C19H14Br2N2O3. The smallest absolute Gasteiger partial charge is 0.266 e. The maximum absolute atomic E-state index is 12.4. The largest absolute Gasteiger partial charge is 0.508 e. The van der Waals surface area contributed by atoms with Crippen LogP contribution in [0.25, 0.3) is 6.08 Å². The molecule has 132 valence electrons. The monoisotopic (exact) mass is 476 g/mol. The minimum Gasteiger partial charge on any atom is -0.508 e. The molecule has 0 atom stereocenters. The average molecular weight is 478 g/mol. The molecule has 0 unspecified atom stereocenters. The van der Waals surface area contributed by atoms with E-state index in [-0.39, 0.29) is 17.9 Å². The third kappa shape index (κ3) is 5.22. The number of phenolic OH excluding ortho intramolecular Hbond substituents is 1. The van der Waals surface area contributed by atoms with E-state index in [0.29, 0.717) is 21.5 Å². The number of nitrogens with zero attached hydrogens (tertiary/aromatic N) is 1. The summed E-state index contributed by atoms with van der Waals surface area (Å²) in [6.45, 7) is 3.89. The van der Waals surface area contributed by atoms with Crippen molar-refractivity contribution < 1.29 is 14.6 Å². The summed E-state index contributed by atoms with van der Waals surface area (Å²) in [7, 11) is 0. The summed E-state index contributed by atoms with van der Waals surface area (Å²) >= 11 is 6.79. The van der Waals surface area contributed by atoms with E-state index in [1.54, 1.807) is 18.2 Å². The Morgan fingerprint density at radius 2 is 2.00 bits per heavy atom. The molecule has 0 aromatic heterocycles. The molecule has 0 fully saturated rings. The topological polar surface area (TPSA) is 82.3 Å². The molecule has 2 N–H and O–H groups in total. The lowest BCUT2D eigenvalue weighted by Gasteiger charge is -2.11. The summed E-state index contributed by atoms with van der Waals surface area (Å²) in [5.41, 5.74) is 0.935. The van der Waals surface area contributed by atoms with Crippen LogP contribution >= 0.6 is 31.9 Å². The second-order valence-electron chi connectivity index (χ2n) is 5.08. The van der Waals surface area contributed by atoms with Crippen LogP contribution in [0.3, 0.4) is 0 Å². The molecule has 0 saturated carbocycles. The van der Waals surface area contributed by atoms with Crippen LogP contribution in [0.2, 0.25) is 0 Å². The Morgan fingerprint density at radius 1 is 1.31 bits per heavy atom. The Kier molecular flexibility index (Phi) is 7.01. The number of carbonyl (C=O) groups excluding carboxylic acids is 1. The second kappa shape index (κ2) is 9.22. The lowest BCUT2D eigenvalue weighted by Crippen LogP contribution is -2.13. The molecule has 0 spiro atoms. The Bertz CT molecular complexity index is 900. The van der Waals surface area contributed by atoms with Crippen molar-refractivity contribution in [3.63, 3.8) is 0 Å². The summed E-state index contributed by atoms with van der Waals surface area (Å²) in [5.74, 6) is 0.0179. The van der Waals surface area contributed by atoms with Gasteiger partial charge in [-0.3, -0.25) is 4.79 Å². The van der Waals surface area contributed by atoms with Gasteiger partial charge in [-0.1, -0.05) is 28.6 Å². The number of hydrogen-bond acceptors (Lipinski definition) is 4. The number of halogens is 2. The van der Waals surface area contributed by atoms with E-state index < -0.39 is 5.91 Å². The van der Waals surface area contributed by atoms with E-state index in [4.69, 9.17) is 4.74 Å². The third-order valence-electron chi connectivity index (χ3n) is 3.17. The lowest BCUT2D eigenvalue weighted by atomic mass is 10.1. The Balaban J connectivity index is 2.35. The van der Waals surface area contributed by atoms with Gasteiger partial charge in [-0.05, 0) is 58.4 Å². The van der Waals surface area contributed by atoms with Crippen LogP contribution < -0.4 is 10.1 Å². The Hall–Kier alpha value is -2.56. The number of hydrogen-bond donors (Lipinski definition) is 2. The standard InChI is InChI=1S/C19H14Br2N2O3/c1-2-7-26-18-12(9-14(20)10-17(18)21)8-13(11-22)19(25)23-15-3-5-16(24)6-4-15/h2-6,8-10,24H,1,7H2,(H,23,25)/b13-8+. The number of rotatable bonds is 6. The number of benzene rings is 2. The Labute approximate surface area is 167 Å². The van der Waals surface area contributed by atoms with Crippen LogP contribution in [0, 0.1) is 11.3 Å². The maximum Gasteiger partial charge on any atom is 0.266 e. The number of ether oxygens (including phenoxy) is 1. The summed E-state index contributed by atoms with van der Waals surface area (Å²) in [6, 6.07) is 11.4. The molecule has 0 heterocycles. The van der Waals surface area contributed by atoms with Gasteiger partial charge in [0.1, 0.15) is 29.7 Å². The number of anilines is 1. The van der Waals surface area contributed by atoms with Crippen LogP contribution in [0.4, 0.5) is 5.69 Å². The van der Waals surface area contributed by atoms with Gasteiger partial charge >= 0.3 is 0 Å². The van der Waals surface area contributed by atoms with Crippen LogP contribution in [0.15, 0.2) is 63.6 Å². The highest BCUT2D eigenvalue weighted by atomic mass is 79.9. The zero-order chi connectivity index (χ0) is 19.1. The van der Waals surface area contributed by atoms with E-state index in [9.17, 15) is 15.2 Å². The summed E-state index contributed by atoms with van der Waals surface area (Å²) in [5, 5.41) is 21.3. The van der Waals surface area contributed by atoms with Crippen LogP contribution in [0.5, 0.6) is 11.5 Å². The highest BCUT2D eigenvalue weighted by Gasteiger charge is 2.14. The predicted octanol–water partition coefficient (Wildman–Crippen LogP) is 5.03. The van der Waals surface area contributed by atoms with Gasteiger partial charge in [-0.2, -0.15) is 5.26 Å². The first kappa shape index (κ1) is 19.8. The number of nitriles is 1. The highest BCUT2D eigenvalue weighted by Crippen LogP contribution is 2.34. The SMILES string of the molecule is C=CCOc1c(Br)cc(Br)cc1/C=C(\C#N)C(=O)Nc1ccc(O)cc1. The molecule has 0 aliphatic carbocycles. The summed E-state index contributed by atoms with van der Waals surface area (Å²) in [6.07, 6.45) is 3.05. The van der Waals surface area contributed by atoms with Crippen LogP contribution in [-0.2, 0) is 4.79 Å². The minimum atomic E-state index is -0.566. The molecule has 0 saturated heterocycles. The number of phenols is 1. The van der Waals surface area contributed by atoms with Gasteiger partial charge in [0.05, 0.1) is 4.47 Å². The summed E-state index contributed by atoms with van der Waals surface area (Å²) in [4.78, 5) is 12.4. The van der Waals surface area contributed by atoms with E-state index in [2.05, 4.69) is 43.8 Å². The van der Waals surface area contributed by atoms with Crippen molar-refractivity contribution in [2.45, 2.75) is 0 Å². The van der Waals surface area contributed by atoms with Gasteiger partial charge in [0, 0.05) is 15.7 Å². The highest BCUT2D eigenvalue weighted by molar-refractivity contribution is 9.11. The molecule has 2 aromatic carbocycles.